The number of nitrogens with zero attached hydrogens (tertiary/aromatic N) is 3. The molecule has 28 heavy (non-hydrogen) atoms. The highest BCUT2D eigenvalue weighted by Crippen LogP contribution is 2.26. The fourth-order valence-electron chi connectivity index (χ4n) is 3.23. The Kier molecular flexibility index (Phi) is 5.82. The van der Waals surface area contributed by atoms with E-state index in [1.165, 1.54) is 4.90 Å². The molecule has 7 nitrogen and oxygen atoms in total. The summed E-state index contributed by atoms with van der Waals surface area (Å²) in [6, 6.07) is 6.45. The number of aromatic nitrogens is 2. The Hall–Kier alpha value is -1.93. The number of sulfone groups is 1. The molecule has 1 aromatic heterocycles. The molecule has 1 fully saturated rings. The van der Waals surface area contributed by atoms with Crippen molar-refractivity contribution in [3.05, 3.63) is 29.4 Å². The number of benzene rings is 1. The Morgan fingerprint density at radius 3 is 2.50 bits per heavy atom. The van der Waals surface area contributed by atoms with E-state index in [0.717, 1.165) is 12.8 Å². The van der Waals surface area contributed by atoms with Gasteiger partial charge in [0.05, 0.1) is 16.8 Å². The van der Waals surface area contributed by atoms with Crippen LogP contribution in [-0.2, 0) is 14.6 Å². The van der Waals surface area contributed by atoms with Crippen LogP contribution in [0, 0.1) is 0 Å². The van der Waals surface area contributed by atoms with Crippen LogP contribution in [0.2, 0.25) is 5.15 Å². The number of rotatable bonds is 3. The van der Waals surface area contributed by atoms with E-state index in [2.05, 4.69) is 9.97 Å². The number of carbonyl (C=O) groups is 1. The molecule has 9 heteroatoms. The fraction of sp³-hybridized carbons (Fsp3) is 0.526. The van der Waals surface area contributed by atoms with E-state index in [0.29, 0.717) is 24.0 Å². The normalized spacial score (nSPS) is 18.3. The summed E-state index contributed by atoms with van der Waals surface area (Å²) >= 11 is 6.13. The number of amides is 1. The van der Waals surface area contributed by atoms with Gasteiger partial charge in [0.1, 0.15) is 5.60 Å². The Morgan fingerprint density at radius 2 is 1.86 bits per heavy atom. The summed E-state index contributed by atoms with van der Waals surface area (Å²) in [6.07, 6.45) is 1.74. The summed E-state index contributed by atoms with van der Waals surface area (Å²) in [4.78, 5) is 22.4. The molecule has 1 saturated heterocycles. The summed E-state index contributed by atoms with van der Waals surface area (Å²) in [6.45, 7) is 5.81. The van der Waals surface area contributed by atoms with E-state index in [1.807, 2.05) is 0 Å². The maximum Gasteiger partial charge on any atom is 0.410 e. The monoisotopic (exact) mass is 425 g/mol. The Bertz CT molecular complexity index is 988. The molecule has 0 N–H and O–H groups in total. The maximum absolute atomic E-state index is 13.1. The van der Waals surface area contributed by atoms with Crippen molar-refractivity contribution in [1.82, 2.24) is 14.9 Å². The van der Waals surface area contributed by atoms with Crippen LogP contribution in [-0.4, -0.2) is 53.3 Å². The van der Waals surface area contributed by atoms with Gasteiger partial charge in [0.25, 0.3) is 0 Å². The lowest BCUT2D eigenvalue weighted by atomic mass is 10.0. The van der Waals surface area contributed by atoms with Crippen molar-refractivity contribution in [2.75, 3.05) is 12.3 Å². The number of para-hydroxylation sites is 2. The van der Waals surface area contributed by atoms with Crippen molar-refractivity contribution < 1.29 is 17.9 Å². The predicted molar refractivity (Wildman–Crippen MR) is 107 cm³/mol. The highest BCUT2D eigenvalue weighted by atomic mass is 35.5. The number of hydrogen-bond donors (Lipinski definition) is 0. The van der Waals surface area contributed by atoms with Crippen LogP contribution < -0.4 is 0 Å². The van der Waals surface area contributed by atoms with Crippen molar-refractivity contribution in [2.24, 2.45) is 0 Å². The molecule has 1 aromatic carbocycles. The average molecular weight is 426 g/mol. The van der Waals surface area contributed by atoms with Gasteiger partial charge in [0, 0.05) is 12.6 Å². The first kappa shape index (κ1) is 20.8. The molecule has 0 bridgehead atoms. The standard InChI is InChI=1S/C19H24ClN3O4S/c1-19(2,3)27-18(24)23-11-7-6-8-13(23)12-28(25,26)17-16(20)21-14-9-4-5-10-15(14)22-17/h4-5,9-10,13H,6-8,11-12H2,1-3H3/t13-/m1/s1. The summed E-state index contributed by atoms with van der Waals surface area (Å²) in [5, 5.41) is -0.402. The second-order valence-corrected chi connectivity index (χ2v) is 10.2. The lowest BCUT2D eigenvalue weighted by Crippen LogP contribution is -2.49. The second kappa shape index (κ2) is 7.83. The summed E-state index contributed by atoms with van der Waals surface area (Å²) in [5.41, 5.74) is 0.336. The maximum atomic E-state index is 13.1. The van der Waals surface area contributed by atoms with Crippen LogP contribution in [0.25, 0.3) is 11.0 Å². The minimum absolute atomic E-state index is 0.154. The molecule has 0 unspecified atom stereocenters. The molecule has 2 aromatic rings. The smallest absolute Gasteiger partial charge is 0.410 e. The van der Waals surface area contributed by atoms with Crippen LogP contribution in [0.15, 0.2) is 29.3 Å². The Morgan fingerprint density at radius 1 is 1.21 bits per heavy atom. The van der Waals surface area contributed by atoms with Crippen LogP contribution in [0.3, 0.4) is 0 Å². The lowest BCUT2D eigenvalue weighted by Gasteiger charge is -2.36. The summed E-state index contributed by atoms with van der Waals surface area (Å²) in [7, 11) is -3.85. The van der Waals surface area contributed by atoms with E-state index in [1.54, 1.807) is 45.0 Å². The number of hydrogen-bond acceptors (Lipinski definition) is 6. The third-order valence-electron chi connectivity index (χ3n) is 4.46. The van der Waals surface area contributed by atoms with Gasteiger partial charge in [0.15, 0.2) is 10.2 Å². The van der Waals surface area contributed by atoms with Crippen molar-refractivity contribution >= 4 is 38.6 Å². The van der Waals surface area contributed by atoms with Crippen molar-refractivity contribution in [3.63, 3.8) is 0 Å². The quantitative estimate of drug-likeness (QED) is 0.741. The molecule has 1 aliphatic heterocycles. The molecule has 1 atom stereocenters. The Labute approximate surface area is 170 Å². The van der Waals surface area contributed by atoms with Gasteiger partial charge in [-0.25, -0.2) is 23.2 Å². The topological polar surface area (TPSA) is 89.5 Å². The molecule has 2 heterocycles. The van der Waals surface area contributed by atoms with Crippen molar-refractivity contribution in [1.29, 1.82) is 0 Å². The number of ether oxygens (including phenoxy) is 1. The number of piperidine rings is 1. The van der Waals surface area contributed by atoms with Gasteiger partial charge in [-0.2, -0.15) is 0 Å². The number of fused-ring (bicyclic) bond motifs is 1. The first-order valence-electron chi connectivity index (χ1n) is 9.21. The van der Waals surface area contributed by atoms with Gasteiger partial charge in [-0.3, -0.25) is 0 Å². The van der Waals surface area contributed by atoms with Crippen LogP contribution in [0.1, 0.15) is 40.0 Å². The first-order chi connectivity index (χ1) is 13.1. The molecule has 1 amide bonds. The average Bonchev–Trinajstić information content (AvgIpc) is 2.59. The van der Waals surface area contributed by atoms with Gasteiger partial charge in [-0.05, 0) is 52.2 Å². The minimum atomic E-state index is -3.85. The predicted octanol–water partition coefficient (Wildman–Crippen LogP) is 3.85. The highest BCUT2D eigenvalue weighted by Gasteiger charge is 2.35. The number of halogens is 1. The molecular formula is C19H24ClN3O4S. The van der Waals surface area contributed by atoms with Gasteiger partial charge in [-0.1, -0.05) is 23.7 Å². The van der Waals surface area contributed by atoms with Gasteiger partial charge >= 0.3 is 6.09 Å². The molecule has 0 saturated carbocycles. The van der Waals surface area contributed by atoms with E-state index in [-0.39, 0.29) is 15.9 Å². The zero-order valence-corrected chi connectivity index (χ0v) is 17.8. The third kappa shape index (κ3) is 4.72. The molecule has 3 rings (SSSR count). The van der Waals surface area contributed by atoms with E-state index in [4.69, 9.17) is 16.3 Å². The van der Waals surface area contributed by atoms with Crippen LogP contribution in [0.4, 0.5) is 4.79 Å². The SMILES string of the molecule is CC(C)(C)OC(=O)N1CCCC[C@@H]1CS(=O)(=O)c1nc2ccccc2nc1Cl. The van der Waals surface area contributed by atoms with Crippen molar-refractivity contribution in [2.45, 2.75) is 56.7 Å². The minimum Gasteiger partial charge on any atom is -0.444 e. The largest absolute Gasteiger partial charge is 0.444 e. The molecule has 0 spiro atoms. The number of likely N-dealkylation sites (tertiary alicyclic amines) is 1. The van der Waals surface area contributed by atoms with Crippen LogP contribution in [0.5, 0.6) is 0 Å². The second-order valence-electron chi connectivity index (χ2n) is 7.91. The van der Waals surface area contributed by atoms with Gasteiger partial charge < -0.3 is 9.64 Å². The zero-order chi connectivity index (χ0) is 20.5. The highest BCUT2D eigenvalue weighted by molar-refractivity contribution is 7.91. The zero-order valence-electron chi connectivity index (χ0n) is 16.2. The lowest BCUT2D eigenvalue weighted by molar-refractivity contribution is 0.0124. The molecule has 1 aliphatic rings. The third-order valence-corrected chi connectivity index (χ3v) is 6.53. The van der Waals surface area contributed by atoms with E-state index in [9.17, 15) is 13.2 Å². The van der Waals surface area contributed by atoms with Gasteiger partial charge in [-0.15, -0.1) is 0 Å². The van der Waals surface area contributed by atoms with Crippen LogP contribution >= 0.6 is 11.6 Å². The summed E-state index contributed by atoms with van der Waals surface area (Å²) in [5.74, 6) is -0.265. The number of carbonyl (C=O) groups excluding carboxylic acids is 1. The van der Waals surface area contributed by atoms with E-state index < -0.39 is 27.6 Å². The van der Waals surface area contributed by atoms with Crippen molar-refractivity contribution in [3.8, 4) is 0 Å². The fourth-order valence-corrected chi connectivity index (χ4v) is 5.26. The molecule has 0 radical (unpaired) electrons. The Balaban J connectivity index is 1.88. The molecule has 152 valence electrons. The van der Waals surface area contributed by atoms with E-state index >= 15 is 0 Å². The van der Waals surface area contributed by atoms with Gasteiger partial charge in [0.2, 0.25) is 9.84 Å². The molecular weight excluding hydrogens is 402 g/mol. The summed E-state index contributed by atoms with van der Waals surface area (Å²) < 4.78 is 31.6. The molecule has 0 aliphatic carbocycles. The first-order valence-corrected chi connectivity index (χ1v) is 11.2.